The number of hydrogen-bond donors (Lipinski definition) is 1. The molecule has 3 heterocycles. The Morgan fingerprint density at radius 2 is 1.96 bits per heavy atom. The van der Waals surface area contributed by atoms with E-state index in [4.69, 9.17) is 0 Å². The second kappa shape index (κ2) is 8.10. The molecule has 6 nitrogen and oxygen atoms in total. The SMILES string of the molecule is [CH2]CCC1CCN(CC(=O)N2C(=O)c3ccccc3Nc3ncccc32)CC1. The number of anilines is 3. The molecular formula is C22H25N4O2. The Bertz CT molecular complexity index is 874. The van der Waals surface area contributed by atoms with Crippen LogP contribution in [0.25, 0.3) is 0 Å². The number of para-hydroxylation sites is 1. The van der Waals surface area contributed by atoms with Crippen LogP contribution in [-0.2, 0) is 4.79 Å². The van der Waals surface area contributed by atoms with Gasteiger partial charge in [0.15, 0.2) is 5.82 Å². The number of likely N-dealkylation sites (tertiary alicyclic amines) is 1. The van der Waals surface area contributed by atoms with Gasteiger partial charge >= 0.3 is 0 Å². The van der Waals surface area contributed by atoms with E-state index in [9.17, 15) is 9.59 Å². The third-order valence-electron chi connectivity index (χ3n) is 5.57. The van der Waals surface area contributed by atoms with Crippen LogP contribution in [-0.4, -0.2) is 41.3 Å². The fourth-order valence-electron chi connectivity index (χ4n) is 4.04. The zero-order valence-electron chi connectivity index (χ0n) is 15.9. The topological polar surface area (TPSA) is 65.5 Å². The number of benzene rings is 1. The number of imide groups is 1. The van der Waals surface area contributed by atoms with Crippen LogP contribution in [0, 0.1) is 12.8 Å². The first-order chi connectivity index (χ1) is 13.7. The average molecular weight is 377 g/mol. The van der Waals surface area contributed by atoms with Gasteiger partial charge in [-0.2, -0.15) is 0 Å². The number of amides is 2. The van der Waals surface area contributed by atoms with Crippen LogP contribution in [0.3, 0.4) is 0 Å². The molecule has 2 amide bonds. The first kappa shape index (κ1) is 18.6. The maximum Gasteiger partial charge on any atom is 0.267 e. The molecule has 2 aliphatic heterocycles. The van der Waals surface area contributed by atoms with Crippen molar-refractivity contribution in [1.82, 2.24) is 9.88 Å². The van der Waals surface area contributed by atoms with Crippen molar-refractivity contribution in [3.05, 3.63) is 55.1 Å². The Morgan fingerprint density at radius 1 is 1.18 bits per heavy atom. The normalized spacial score (nSPS) is 17.5. The number of hydrogen-bond acceptors (Lipinski definition) is 5. The maximum absolute atomic E-state index is 13.2. The summed E-state index contributed by atoms with van der Waals surface area (Å²) in [5, 5.41) is 3.20. The van der Waals surface area contributed by atoms with Gasteiger partial charge in [0.25, 0.3) is 5.91 Å². The van der Waals surface area contributed by atoms with Gasteiger partial charge < -0.3 is 5.32 Å². The summed E-state index contributed by atoms with van der Waals surface area (Å²) in [6.07, 6.45) is 5.93. The summed E-state index contributed by atoms with van der Waals surface area (Å²) < 4.78 is 0. The van der Waals surface area contributed by atoms with Gasteiger partial charge in [0.1, 0.15) is 0 Å². The monoisotopic (exact) mass is 377 g/mol. The lowest BCUT2D eigenvalue weighted by Gasteiger charge is -2.32. The minimum Gasteiger partial charge on any atom is -0.338 e. The minimum absolute atomic E-state index is 0.214. The second-order valence-electron chi connectivity index (χ2n) is 7.44. The summed E-state index contributed by atoms with van der Waals surface area (Å²) in [6, 6.07) is 10.7. The highest BCUT2D eigenvalue weighted by molar-refractivity contribution is 6.25. The quantitative estimate of drug-likeness (QED) is 0.881. The number of rotatable bonds is 4. The molecule has 1 N–H and O–H groups in total. The predicted molar refractivity (Wildman–Crippen MR) is 110 cm³/mol. The van der Waals surface area contributed by atoms with Crippen LogP contribution >= 0.6 is 0 Å². The number of nitrogens with zero attached hydrogens (tertiary/aromatic N) is 3. The third-order valence-corrected chi connectivity index (χ3v) is 5.57. The second-order valence-corrected chi connectivity index (χ2v) is 7.44. The van der Waals surface area contributed by atoms with E-state index in [2.05, 4.69) is 22.1 Å². The Kier molecular flexibility index (Phi) is 5.39. The van der Waals surface area contributed by atoms with Gasteiger partial charge in [0, 0.05) is 6.20 Å². The molecule has 0 saturated carbocycles. The van der Waals surface area contributed by atoms with Crippen molar-refractivity contribution < 1.29 is 9.59 Å². The first-order valence-corrected chi connectivity index (χ1v) is 9.87. The van der Waals surface area contributed by atoms with Crippen LogP contribution in [0.5, 0.6) is 0 Å². The van der Waals surface area contributed by atoms with Gasteiger partial charge in [0.2, 0.25) is 5.91 Å². The van der Waals surface area contributed by atoms with Crippen LogP contribution in [0.4, 0.5) is 17.2 Å². The van der Waals surface area contributed by atoms with E-state index in [-0.39, 0.29) is 18.4 Å². The standard InChI is InChI=1S/C22H25N4O2/c1-2-6-16-10-13-25(14-11-16)15-20(27)26-19-9-5-12-23-21(19)24-18-8-4-3-7-17(18)22(26)28/h3-5,7-9,12,16H,1-2,6,10-11,13-15H2,(H,23,24). The number of carbonyl (C=O) groups excluding carboxylic acids is 2. The van der Waals surface area contributed by atoms with Gasteiger partial charge in [-0.15, -0.1) is 0 Å². The lowest BCUT2D eigenvalue weighted by Crippen LogP contribution is -2.45. The lowest BCUT2D eigenvalue weighted by atomic mass is 9.92. The molecule has 4 rings (SSSR count). The third kappa shape index (κ3) is 3.64. The summed E-state index contributed by atoms with van der Waals surface area (Å²) in [6.45, 7) is 5.94. The van der Waals surface area contributed by atoms with E-state index < -0.39 is 0 Å². The number of pyridine rings is 1. The van der Waals surface area contributed by atoms with E-state index in [0.29, 0.717) is 28.7 Å². The van der Waals surface area contributed by atoms with Crippen LogP contribution in [0.15, 0.2) is 42.6 Å². The molecule has 145 valence electrons. The van der Waals surface area contributed by atoms with E-state index in [1.54, 1.807) is 30.5 Å². The number of piperidine rings is 1. The molecule has 0 bridgehead atoms. The average Bonchev–Trinajstić information content (AvgIpc) is 2.83. The van der Waals surface area contributed by atoms with Crippen LogP contribution < -0.4 is 10.2 Å². The number of aromatic nitrogens is 1. The summed E-state index contributed by atoms with van der Waals surface area (Å²) in [5.41, 5.74) is 1.64. The van der Waals surface area contributed by atoms with E-state index in [1.165, 1.54) is 4.90 Å². The van der Waals surface area contributed by atoms with Gasteiger partial charge in [0.05, 0.1) is 23.5 Å². The highest BCUT2D eigenvalue weighted by Crippen LogP contribution is 2.34. The smallest absolute Gasteiger partial charge is 0.267 e. The largest absolute Gasteiger partial charge is 0.338 e. The zero-order valence-corrected chi connectivity index (χ0v) is 15.9. The van der Waals surface area contributed by atoms with E-state index >= 15 is 0 Å². The van der Waals surface area contributed by atoms with Gasteiger partial charge in [-0.1, -0.05) is 31.9 Å². The fraction of sp³-hybridized carbons (Fsp3) is 0.364. The fourth-order valence-corrected chi connectivity index (χ4v) is 4.04. The molecule has 1 fully saturated rings. The number of nitrogens with one attached hydrogen (secondary N) is 1. The molecule has 1 aromatic carbocycles. The number of fused-ring (bicyclic) bond motifs is 2. The molecule has 1 saturated heterocycles. The molecule has 0 atom stereocenters. The minimum atomic E-state index is -0.313. The molecule has 0 aliphatic carbocycles. The molecular weight excluding hydrogens is 352 g/mol. The Hall–Kier alpha value is -2.73. The van der Waals surface area contributed by atoms with Crippen molar-refractivity contribution in [2.24, 2.45) is 5.92 Å². The molecule has 6 heteroatoms. The summed E-state index contributed by atoms with van der Waals surface area (Å²) >= 11 is 0. The Labute approximate surface area is 165 Å². The summed E-state index contributed by atoms with van der Waals surface area (Å²) in [5.74, 6) is 0.688. The van der Waals surface area contributed by atoms with Crippen LogP contribution in [0.1, 0.15) is 36.0 Å². The molecule has 2 aliphatic rings. The van der Waals surface area contributed by atoms with Gasteiger partial charge in [-0.3, -0.25) is 14.5 Å². The highest BCUT2D eigenvalue weighted by atomic mass is 16.2. The summed E-state index contributed by atoms with van der Waals surface area (Å²) in [7, 11) is 0. The maximum atomic E-state index is 13.2. The summed E-state index contributed by atoms with van der Waals surface area (Å²) in [4.78, 5) is 34.2. The number of carbonyl (C=O) groups is 2. The molecule has 2 aromatic rings. The van der Waals surface area contributed by atoms with E-state index in [0.717, 1.165) is 38.8 Å². The predicted octanol–water partition coefficient (Wildman–Crippen LogP) is 3.64. The van der Waals surface area contributed by atoms with Crippen molar-refractivity contribution in [3.8, 4) is 0 Å². The Balaban J connectivity index is 1.57. The van der Waals surface area contributed by atoms with E-state index in [1.807, 2.05) is 12.1 Å². The van der Waals surface area contributed by atoms with Crippen molar-refractivity contribution in [3.63, 3.8) is 0 Å². The highest BCUT2D eigenvalue weighted by Gasteiger charge is 2.33. The van der Waals surface area contributed by atoms with Crippen molar-refractivity contribution in [2.45, 2.75) is 25.7 Å². The Morgan fingerprint density at radius 3 is 2.75 bits per heavy atom. The van der Waals surface area contributed by atoms with Crippen molar-refractivity contribution >= 4 is 29.0 Å². The van der Waals surface area contributed by atoms with Crippen LogP contribution in [0.2, 0.25) is 0 Å². The molecule has 28 heavy (non-hydrogen) atoms. The molecule has 1 radical (unpaired) electrons. The first-order valence-electron chi connectivity index (χ1n) is 9.87. The molecule has 0 unspecified atom stereocenters. The zero-order chi connectivity index (χ0) is 19.5. The van der Waals surface area contributed by atoms with Crippen molar-refractivity contribution in [2.75, 3.05) is 29.9 Å². The van der Waals surface area contributed by atoms with Crippen molar-refractivity contribution in [1.29, 1.82) is 0 Å². The van der Waals surface area contributed by atoms with Gasteiger partial charge in [-0.25, -0.2) is 9.88 Å². The van der Waals surface area contributed by atoms with Gasteiger partial charge in [-0.05, 0) is 56.1 Å². The molecule has 1 aromatic heterocycles. The molecule has 0 spiro atoms. The lowest BCUT2D eigenvalue weighted by molar-refractivity contribution is -0.119.